The van der Waals surface area contributed by atoms with Gasteiger partial charge in [0.2, 0.25) is 0 Å². The molecule has 0 fully saturated rings. The first-order valence-corrected chi connectivity index (χ1v) is 5.52. The molecule has 1 heterocycles. The first-order valence-electron chi connectivity index (χ1n) is 5.52. The molecule has 0 saturated heterocycles. The quantitative estimate of drug-likeness (QED) is 0.800. The second-order valence-electron chi connectivity index (χ2n) is 6.01. The van der Waals surface area contributed by atoms with Gasteiger partial charge in [-0.1, -0.05) is 20.8 Å². The fourth-order valence-electron chi connectivity index (χ4n) is 2.11. The molecule has 0 aliphatic carbocycles. The number of nitrogens with one attached hydrogen (secondary N) is 2. The minimum Gasteiger partial charge on any atom is -0.348 e. The lowest BCUT2D eigenvalue weighted by molar-refractivity contribution is 0.239. The molecular formula is C12H23N3. The van der Waals surface area contributed by atoms with Crippen LogP contribution in [0.25, 0.3) is 0 Å². The Labute approximate surface area is 92.7 Å². The number of rotatable bonds is 4. The van der Waals surface area contributed by atoms with E-state index in [4.69, 9.17) is 0 Å². The van der Waals surface area contributed by atoms with Crippen LogP contribution in [-0.4, -0.2) is 15.5 Å². The van der Waals surface area contributed by atoms with E-state index in [2.05, 4.69) is 49.9 Å². The van der Waals surface area contributed by atoms with Crippen LogP contribution in [0.1, 0.15) is 46.9 Å². The highest BCUT2D eigenvalue weighted by atomic mass is 15.0. The van der Waals surface area contributed by atoms with Gasteiger partial charge in [-0.25, -0.2) is 4.98 Å². The van der Waals surface area contributed by atoms with E-state index < -0.39 is 0 Å². The van der Waals surface area contributed by atoms with Gasteiger partial charge in [-0.3, -0.25) is 0 Å². The second-order valence-corrected chi connectivity index (χ2v) is 6.01. The Balaban J connectivity index is 2.43. The molecule has 86 valence electrons. The van der Waals surface area contributed by atoms with Crippen LogP contribution in [0.3, 0.4) is 0 Å². The largest absolute Gasteiger partial charge is 0.348 e. The van der Waals surface area contributed by atoms with E-state index in [-0.39, 0.29) is 5.54 Å². The SMILES string of the molecule is CC(C)(C)CC(C)(C)NCc1ncc[nH]1. The van der Waals surface area contributed by atoms with Crippen molar-refractivity contribution >= 4 is 0 Å². The lowest BCUT2D eigenvalue weighted by Crippen LogP contribution is -2.42. The molecule has 0 radical (unpaired) electrons. The molecule has 0 aliphatic rings. The summed E-state index contributed by atoms with van der Waals surface area (Å²) in [6.45, 7) is 12.1. The highest BCUT2D eigenvalue weighted by Crippen LogP contribution is 2.26. The number of H-pyrrole nitrogens is 1. The molecule has 15 heavy (non-hydrogen) atoms. The minimum absolute atomic E-state index is 0.144. The highest BCUT2D eigenvalue weighted by Gasteiger charge is 2.24. The van der Waals surface area contributed by atoms with E-state index in [1.54, 1.807) is 6.20 Å². The lowest BCUT2D eigenvalue weighted by atomic mass is 9.82. The summed E-state index contributed by atoms with van der Waals surface area (Å²) >= 11 is 0. The summed E-state index contributed by atoms with van der Waals surface area (Å²) in [6, 6.07) is 0. The molecular weight excluding hydrogens is 186 g/mol. The van der Waals surface area contributed by atoms with E-state index in [9.17, 15) is 0 Å². The van der Waals surface area contributed by atoms with Gasteiger partial charge in [-0.15, -0.1) is 0 Å². The molecule has 1 aromatic rings. The number of aromatic nitrogens is 2. The van der Waals surface area contributed by atoms with Crippen LogP contribution in [0.2, 0.25) is 0 Å². The summed E-state index contributed by atoms with van der Waals surface area (Å²) < 4.78 is 0. The normalized spacial score (nSPS) is 13.1. The molecule has 0 aliphatic heterocycles. The van der Waals surface area contributed by atoms with Gasteiger partial charge < -0.3 is 10.3 Å². The van der Waals surface area contributed by atoms with Gasteiger partial charge in [0.05, 0.1) is 6.54 Å². The monoisotopic (exact) mass is 209 g/mol. The van der Waals surface area contributed by atoms with Gasteiger partial charge in [0.25, 0.3) is 0 Å². The molecule has 0 unspecified atom stereocenters. The maximum Gasteiger partial charge on any atom is 0.120 e. The summed E-state index contributed by atoms with van der Waals surface area (Å²) in [5.74, 6) is 0.997. The molecule has 0 atom stereocenters. The first-order chi connectivity index (χ1) is 6.79. The summed E-state index contributed by atoms with van der Waals surface area (Å²) in [7, 11) is 0. The molecule has 2 N–H and O–H groups in total. The molecule has 0 aromatic carbocycles. The van der Waals surface area contributed by atoms with Crippen molar-refractivity contribution in [1.29, 1.82) is 0 Å². The Morgan fingerprint density at radius 3 is 2.40 bits per heavy atom. The zero-order valence-electron chi connectivity index (χ0n) is 10.5. The van der Waals surface area contributed by atoms with Crippen molar-refractivity contribution in [3.05, 3.63) is 18.2 Å². The average Bonchev–Trinajstić information content (AvgIpc) is 2.47. The van der Waals surface area contributed by atoms with Crippen LogP contribution in [0.4, 0.5) is 0 Å². The summed E-state index contributed by atoms with van der Waals surface area (Å²) in [4.78, 5) is 7.30. The van der Waals surface area contributed by atoms with E-state index in [1.165, 1.54) is 0 Å². The molecule has 3 heteroatoms. The predicted molar refractivity (Wildman–Crippen MR) is 63.6 cm³/mol. The van der Waals surface area contributed by atoms with Crippen molar-refractivity contribution in [1.82, 2.24) is 15.3 Å². The number of hydrogen-bond donors (Lipinski definition) is 2. The maximum absolute atomic E-state index is 4.20. The van der Waals surface area contributed by atoms with E-state index in [0.717, 1.165) is 18.8 Å². The number of nitrogens with zero attached hydrogens (tertiary/aromatic N) is 1. The standard InChI is InChI=1S/C12H23N3/c1-11(2,3)9-12(4,5)15-8-10-13-6-7-14-10/h6-7,15H,8-9H2,1-5H3,(H,13,14). The van der Waals surface area contributed by atoms with Crippen LogP contribution < -0.4 is 5.32 Å². The zero-order chi connectivity index (χ0) is 11.5. The topological polar surface area (TPSA) is 40.7 Å². The fraction of sp³-hybridized carbons (Fsp3) is 0.750. The third kappa shape index (κ3) is 4.98. The van der Waals surface area contributed by atoms with E-state index in [1.807, 2.05) is 6.20 Å². The van der Waals surface area contributed by atoms with Crippen molar-refractivity contribution in [2.24, 2.45) is 5.41 Å². The number of aromatic amines is 1. The Kier molecular flexibility index (Phi) is 3.55. The van der Waals surface area contributed by atoms with Crippen molar-refractivity contribution in [3.8, 4) is 0 Å². The fourth-order valence-corrected chi connectivity index (χ4v) is 2.11. The Morgan fingerprint density at radius 1 is 1.27 bits per heavy atom. The van der Waals surface area contributed by atoms with E-state index >= 15 is 0 Å². The van der Waals surface area contributed by atoms with Crippen LogP contribution >= 0.6 is 0 Å². The molecule has 1 aromatic heterocycles. The maximum atomic E-state index is 4.20. The second kappa shape index (κ2) is 4.35. The van der Waals surface area contributed by atoms with Crippen molar-refractivity contribution in [2.75, 3.05) is 0 Å². The smallest absolute Gasteiger partial charge is 0.120 e. The summed E-state index contributed by atoms with van der Waals surface area (Å²) in [5, 5.41) is 3.52. The molecule has 3 nitrogen and oxygen atoms in total. The van der Waals surface area contributed by atoms with Crippen molar-refractivity contribution in [2.45, 2.75) is 53.1 Å². The average molecular weight is 209 g/mol. The van der Waals surface area contributed by atoms with Gasteiger partial charge in [-0.2, -0.15) is 0 Å². The summed E-state index contributed by atoms with van der Waals surface area (Å²) in [6.07, 6.45) is 4.78. The zero-order valence-corrected chi connectivity index (χ0v) is 10.5. The molecule has 0 amide bonds. The third-order valence-corrected chi connectivity index (χ3v) is 2.26. The highest BCUT2D eigenvalue weighted by molar-refractivity contribution is 4.90. The van der Waals surface area contributed by atoms with Crippen molar-refractivity contribution < 1.29 is 0 Å². The van der Waals surface area contributed by atoms with Gasteiger partial charge in [0.1, 0.15) is 5.82 Å². The van der Waals surface area contributed by atoms with Crippen LogP contribution in [-0.2, 0) is 6.54 Å². The minimum atomic E-state index is 0.144. The Bertz CT molecular complexity index is 280. The molecule has 0 saturated carbocycles. The van der Waals surface area contributed by atoms with E-state index in [0.29, 0.717) is 5.41 Å². The number of imidazole rings is 1. The Hall–Kier alpha value is -0.830. The van der Waals surface area contributed by atoms with Gasteiger partial charge >= 0.3 is 0 Å². The van der Waals surface area contributed by atoms with Crippen molar-refractivity contribution in [3.63, 3.8) is 0 Å². The van der Waals surface area contributed by atoms with Gasteiger partial charge in [0, 0.05) is 17.9 Å². The summed E-state index contributed by atoms with van der Waals surface area (Å²) in [5.41, 5.74) is 0.491. The van der Waals surface area contributed by atoms with Crippen LogP contribution in [0, 0.1) is 5.41 Å². The lowest BCUT2D eigenvalue weighted by Gasteiger charge is -2.33. The first kappa shape index (κ1) is 12.2. The van der Waals surface area contributed by atoms with Gasteiger partial charge in [-0.05, 0) is 25.7 Å². The van der Waals surface area contributed by atoms with Crippen LogP contribution in [0.15, 0.2) is 12.4 Å². The molecule has 1 rings (SSSR count). The van der Waals surface area contributed by atoms with Crippen LogP contribution in [0.5, 0.6) is 0 Å². The number of hydrogen-bond acceptors (Lipinski definition) is 2. The molecule has 0 bridgehead atoms. The Morgan fingerprint density at radius 2 is 1.93 bits per heavy atom. The predicted octanol–water partition coefficient (Wildman–Crippen LogP) is 2.71. The molecule has 0 spiro atoms. The van der Waals surface area contributed by atoms with Gasteiger partial charge in [0.15, 0.2) is 0 Å². The third-order valence-electron chi connectivity index (χ3n) is 2.26.